The molecule has 0 aliphatic carbocycles. The molecule has 1 aromatic carbocycles. The van der Waals surface area contributed by atoms with E-state index in [2.05, 4.69) is 17.6 Å². The number of anilines is 1. The van der Waals surface area contributed by atoms with E-state index in [0.717, 1.165) is 23.6 Å². The van der Waals surface area contributed by atoms with Gasteiger partial charge in [-0.15, -0.1) is 0 Å². The Bertz CT molecular complexity index is 485. The predicted molar refractivity (Wildman–Crippen MR) is 84.6 cm³/mol. The van der Waals surface area contributed by atoms with E-state index in [1.54, 1.807) is 7.11 Å². The number of thioether (sulfide) groups is 1. The molecule has 0 unspecified atom stereocenters. The van der Waals surface area contributed by atoms with Crippen molar-refractivity contribution in [2.45, 2.75) is 25.9 Å². The SMILES string of the molecule is CO[C@@]1(CNC(=O)Nc2ccc(C)c(C)c2)CCSC1. The number of hydrogen-bond acceptors (Lipinski definition) is 3. The van der Waals surface area contributed by atoms with Crippen molar-refractivity contribution in [2.75, 3.05) is 30.5 Å². The Labute approximate surface area is 124 Å². The van der Waals surface area contributed by atoms with Gasteiger partial charge < -0.3 is 15.4 Å². The van der Waals surface area contributed by atoms with Crippen LogP contribution >= 0.6 is 11.8 Å². The minimum Gasteiger partial charge on any atom is -0.376 e. The van der Waals surface area contributed by atoms with Gasteiger partial charge in [-0.25, -0.2) is 4.79 Å². The van der Waals surface area contributed by atoms with Crippen LogP contribution in [0.15, 0.2) is 18.2 Å². The van der Waals surface area contributed by atoms with E-state index in [1.165, 1.54) is 11.1 Å². The van der Waals surface area contributed by atoms with Crippen LogP contribution in [0.25, 0.3) is 0 Å². The summed E-state index contributed by atoms with van der Waals surface area (Å²) in [7, 11) is 1.72. The summed E-state index contributed by atoms with van der Waals surface area (Å²) in [5.74, 6) is 2.03. The quantitative estimate of drug-likeness (QED) is 0.897. The number of carbonyl (C=O) groups is 1. The van der Waals surface area contributed by atoms with Gasteiger partial charge in [-0.3, -0.25) is 0 Å². The number of ether oxygens (including phenoxy) is 1. The number of aryl methyl sites for hydroxylation is 2. The highest BCUT2D eigenvalue weighted by molar-refractivity contribution is 7.99. The highest BCUT2D eigenvalue weighted by atomic mass is 32.2. The molecule has 5 heteroatoms. The third kappa shape index (κ3) is 3.67. The second kappa shape index (κ2) is 6.50. The maximum absolute atomic E-state index is 11.9. The van der Waals surface area contributed by atoms with Crippen LogP contribution in [0.2, 0.25) is 0 Å². The summed E-state index contributed by atoms with van der Waals surface area (Å²) in [5, 5.41) is 5.77. The van der Waals surface area contributed by atoms with E-state index in [9.17, 15) is 4.79 Å². The third-order valence-electron chi connectivity index (χ3n) is 3.84. The van der Waals surface area contributed by atoms with Crippen LogP contribution in [0.4, 0.5) is 10.5 Å². The zero-order valence-electron chi connectivity index (χ0n) is 12.3. The minimum atomic E-state index is -0.203. The molecule has 2 amide bonds. The maximum atomic E-state index is 11.9. The number of amides is 2. The fourth-order valence-electron chi connectivity index (χ4n) is 2.20. The van der Waals surface area contributed by atoms with Gasteiger partial charge in [0.15, 0.2) is 0 Å². The van der Waals surface area contributed by atoms with Crippen molar-refractivity contribution in [1.82, 2.24) is 5.32 Å². The molecule has 0 radical (unpaired) electrons. The first-order valence-electron chi connectivity index (χ1n) is 6.80. The Morgan fingerprint density at radius 1 is 1.40 bits per heavy atom. The van der Waals surface area contributed by atoms with E-state index < -0.39 is 0 Å². The summed E-state index contributed by atoms with van der Waals surface area (Å²) < 4.78 is 5.57. The Morgan fingerprint density at radius 2 is 2.20 bits per heavy atom. The first-order valence-corrected chi connectivity index (χ1v) is 7.95. The maximum Gasteiger partial charge on any atom is 0.319 e. The Hall–Kier alpha value is -1.20. The highest BCUT2D eigenvalue weighted by Gasteiger charge is 2.34. The molecule has 20 heavy (non-hydrogen) atoms. The second-order valence-corrected chi connectivity index (χ2v) is 6.40. The summed E-state index contributed by atoms with van der Waals surface area (Å²) >= 11 is 1.87. The van der Waals surface area contributed by atoms with Crippen molar-refractivity contribution in [1.29, 1.82) is 0 Å². The molecule has 1 heterocycles. The average Bonchev–Trinajstić information content (AvgIpc) is 2.90. The Morgan fingerprint density at radius 3 is 2.80 bits per heavy atom. The number of rotatable bonds is 4. The van der Waals surface area contributed by atoms with Crippen LogP contribution in [0, 0.1) is 13.8 Å². The van der Waals surface area contributed by atoms with Crippen molar-refractivity contribution in [3.63, 3.8) is 0 Å². The van der Waals surface area contributed by atoms with Crippen LogP contribution in [0.3, 0.4) is 0 Å². The number of benzene rings is 1. The number of urea groups is 1. The van der Waals surface area contributed by atoms with Gasteiger partial charge in [-0.1, -0.05) is 6.07 Å². The highest BCUT2D eigenvalue weighted by Crippen LogP contribution is 2.30. The summed E-state index contributed by atoms with van der Waals surface area (Å²) in [6.45, 7) is 4.64. The Balaban J connectivity index is 1.87. The summed E-state index contributed by atoms with van der Waals surface area (Å²) in [6, 6.07) is 5.72. The molecule has 0 aromatic heterocycles. The Kier molecular flexibility index (Phi) is 4.94. The van der Waals surface area contributed by atoms with E-state index >= 15 is 0 Å². The standard InChI is InChI=1S/C15H22N2O2S/c1-11-4-5-13(8-12(11)2)17-14(18)16-9-15(19-3)6-7-20-10-15/h4-5,8H,6-7,9-10H2,1-3H3,(H2,16,17,18)/t15-/m1/s1. The largest absolute Gasteiger partial charge is 0.376 e. The summed E-state index contributed by atoms with van der Waals surface area (Å²) in [5.41, 5.74) is 3.00. The van der Waals surface area contributed by atoms with E-state index in [0.29, 0.717) is 6.54 Å². The van der Waals surface area contributed by atoms with E-state index in [1.807, 2.05) is 36.9 Å². The van der Waals surface area contributed by atoms with Gasteiger partial charge in [0.2, 0.25) is 0 Å². The fourth-order valence-corrected chi connectivity index (χ4v) is 3.59. The van der Waals surface area contributed by atoms with E-state index in [-0.39, 0.29) is 11.6 Å². The smallest absolute Gasteiger partial charge is 0.319 e. The molecule has 1 aliphatic heterocycles. The van der Waals surface area contributed by atoms with Gasteiger partial charge in [-0.05, 0) is 49.3 Å². The van der Waals surface area contributed by atoms with Crippen LogP contribution in [0.1, 0.15) is 17.5 Å². The average molecular weight is 294 g/mol. The number of nitrogens with one attached hydrogen (secondary N) is 2. The van der Waals surface area contributed by atoms with E-state index in [4.69, 9.17) is 4.74 Å². The van der Waals surface area contributed by atoms with Gasteiger partial charge in [0.05, 0.1) is 5.60 Å². The van der Waals surface area contributed by atoms with Crippen LogP contribution in [-0.4, -0.2) is 36.8 Å². The van der Waals surface area contributed by atoms with Gasteiger partial charge in [0.25, 0.3) is 0 Å². The molecule has 1 atom stereocenters. The van der Waals surface area contributed by atoms with Crippen LogP contribution in [0.5, 0.6) is 0 Å². The number of hydrogen-bond donors (Lipinski definition) is 2. The van der Waals surface area contributed by atoms with Crippen molar-refractivity contribution in [3.05, 3.63) is 29.3 Å². The normalized spacial score (nSPS) is 21.8. The van der Waals surface area contributed by atoms with Crippen molar-refractivity contribution in [3.8, 4) is 0 Å². The van der Waals surface area contributed by atoms with Crippen molar-refractivity contribution >= 4 is 23.5 Å². The minimum absolute atomic E-state index is 0.179. The molecule has 1 aromatic rings. The summed E-state index contributed by atoms with van der Waals surface area (Å²) in [4.78, 5) is 11.9. The molecule has 4 nitrogen and oxygen atoms in total. The van der Waals surface area contributed by atoms with Gasteiger partial charge in [0.1, 0.15) is 0 Å². The number of carbonyl (C=O) groups excluding carboxylic acids is 1. The zero-order valence-corrected chi connectivity index (χ0v) is 13.1. The molecule has 2 rings (SSSR count). The van der Waals surface area contributed by atoms with Gasteiger partial charge in [-0.2, -0.15) is 11.8 Å². The first-order chi connectivity index (χ1) is 9.54. The monoisotopic (exact) mass is 294 g/mol. The molecule has 2 N–H and O–H groups in total. The lowest BCUT2D eigenvalue weighted by Gasteiger charge is -2.26. The molecule has 0 saturated carbocycles. The molecule has 0 bridgehead atoms. The molecule has 1 fully saturated rings. The first kappa shape index (κ1) is 15.2. The lowest BCUT2D eigenvalue weighted by atomic mass is 10.0. The van der Waals surface area contributed by atoms with Crippen LogP contribution in [-0.2, 0) is 4.74 Å². The molecular weight excluding hydrogens is 272 g/mol. The zero-order chi connectivity index (χ0) is 14.6. The topological polar surface area (TPSA) is 50.4 Å². The molecule has 110 valence electrons. The molecule has 1 saturated heterocycles. The van der Waals surface area contributed by atoms with Gasteiger partial charge in [0, 0.05) is 25.1 Å². The summed E-state index contributed by atoms with van der Waals surface area (Å²) in [6.07, 6.45) is 0.984. The number of methoxy groups -OCH3 is 1. The third-order valence-corrected chi connectivity index (χ3v) is 5.06. The fraction of sp³-hybridized carbons (Fsp3) is 0.533. The van der Waals surface area contributed by atoms with Crippen molar-refractivity contribution < 1.29 is 9.53 Å². The molecule has 0 spiro atoms. The molecule has 1 aliphatic rings. The van der Waals surface area contributed by atoms with Crippen molar-refractivity contribution in [2.24, 2.45) is 0 Å². The van der Waals surface area contributed by atoms with Crippen LogP contribution < -0.4 is 10.6 Å². The second-order valence-electron chi connectivity index (χ2n) is 5.30. The van der Waals surface area contributed by atoms with Gasteiger partial charge >= 0.3 is 6.03 Å². The lowest BCUT2D eigenvalue weighted by Crippen LogP contribution is -2.45. The molecular formula is C15H22N2O2S. The predicted octanol–water partition coefficient (Wildman–Crippen LogP) is 2.95. The lowest BCUT2D eigenvalue weighted by molar-refractivity contribution is 0.0161.